The lowest BCUT2D eigenvalue weighted by molar-refractivity contribution is -0.142. The third-order valence-electron chi connectivity index (χ3n) is 2.48. The number of nitriles is 1. The Balaban J connectivity index is 3.25. The highest BCUT2D eigenvalue weighted by Crippen LogP contribution is 2.29. The summed E-state index contributed by atoms with van der Waals surface area (Å²) in [4.78, 5) is 11.6. The van der Waals surface area contributed by atoms with Crippen molar-refractivity contribution in [3.8, 4) is 11.8 Å². The molecule has 0 saturated heterocycles. The maximum absolute atomic E-state index is 12.4. The smallest absolute Gasteiger partial charge is 0.387 e. The number of alkyl halides is 3. The van der Waals surface area contributed by atoms with E-state index in [0.717, 1.165) is 0 Å². The van der Waals surface area contributed by atoms with Crippen LogP contribution < -0.4 is 4.74 Å². The number of halogens is 3. The third-order valence-corrected chi connectivity index (χ3v) is 3.05. The largest absolute Gasteiger partial charge is 0.466 e. The highest BCUT2D eigenvalue weighted by Gasteiger charge is 2.19. The molecule has 0 aliphatic heterocycles. The van der Waals surface area contributed by atoms with E-state index in [4.69, 9.17) is 10.00 Å². The van der Waals surface area contributed by atoms with Crippen molar-refractivity contribution < 1.29 is 23.0 Å². The second-order valence-electron chi connectivity index (χ2n) is 3.67. The topological polar surface area (TPSA) is 59.3 Å². The van der Waals surface area contributed by atoms with Crippen LogP contribution in [-0.4, -0.2) is 19.2 Å². The Morgan fingerprint density at radius 2 is 2.15 bits per heavy atom. The third kappa shape index (κ3) is 4.17. The molecule has 0 saturated carbocycles. The zero-order valence-corrected chi connectivity index (χ0v) is 12.2. The molecule has 0 amide bonds. The zero-order valence-electron chi connectivity index (χ0n) is 10.7. The van der Waals surface area contributed by atoms with Crippen LogP contribution in [0, 0.1) is 11.3 Å². The van der Waals surface area contributed by atoms with Crippen molar-refractivity contribution in [3.05, 3.63) is 28.8 Å². The lowest BCUT2D eigenvalue weighted by Gasteiger charge is -2.15. The van der Waals surface area contributed by atoms with Crippen LogP contribution in [0.3, 0.4) is 0 Å². The number of nitrogens with zero attached hydrogens (tertiary/aromatic N) is 1. The number of rotatable bonds is 6. The molecule has 0 fully saturated rings. The van der Waals surface area contributed by atoms with Crippen LogP contribution in [0.2, 0.25) is 0 Å². The van der Waals surface area contributed by atoms with E-state index in [1.54, 1.807) is 6.92 Å². The summed E-state index contributed by atoms with van der Waals surface area (Å²) >= 11 is 3.18. The Bertz CT molecular complexity index is 529. The minimum Gasteiger partial charge on any atom is -0.466 e. The van der Waals surface area contributed by atoms with Gasteiger partial charge in [-0.3, -0.25) is 4.79 Å². The van der Waals surface area contributed by atoms with Crippen molar-refractivity contribution >= 4 is 21.9 Å². The molecule has 0 aliphatic carbocycles. The molecular formula is C13H12BrF2NO3. The van der Waals surface area contributed by atoms with Gasteiger partial charge in [0.15, 0.2) is 0 Å². The summed E-state index contributed by atoms with van der Waals surface area (Å²) in [5.74, 6) is -0.689. The first-order valence-corrected chi connectivity index (χ1v) is 6.86. The zero-order chi connectivity index (χ0) is 15.1. The number of hydrogen-bond acceptors (Lipinski definition) is 4. The van der Waals surface area contributed by atoms with Crippen LogP contribution in [0.4, 0.5) is 8.78 Å². The van der Waals surface area contributed by atoms with Crippen molar-refractivity contribution in [3.63, 3.8) is 0 Å². The number of ether oxygens (including phenoxy) is 2. The van der Waals surface area contributed by atoms with Crippen LogP contribution in [0.15, 0.2) is 12.1 Å². The Labute approximate surface area is 123 Å². The molecule has 0 spiro atoms. The number of benzene rings is 1. The molecule has 108 valence electrons. The summed E-state index contributed by atoms with van der Waals surface area (Å²) in [7, 11) is 0. The van der Waals surface area contributed by atoms with Crippen molar-refractivity contribution in [2.45, 2.75) is 25.3 Å². The van der Waals surface area contributed by atoms with Gasteiger partial charge in [0, 0.05) is 10.9 Å². The van der Waals surface area contributed by atoms with Crippen LogP contribution in [0.1, 0.15) is 23.6 Å². The Morgan fingerprint density at radius 3 is 2.65 bits per heavy atom. The molecule has 0 aliphatic rings. The number of carbonyl (C=O) groups is 1. The van der Waals surface area contributed by atoms with E-state index in [9.17, 15) is 13.6 Å². The molecule has 1 aromatic rings. The second-order valence-corrected chi connectivity index (χ2v) is 4.23. The number of esters is 1. The van der Waals surface area contributed by atoms with Gasteiger partial charge < -0.3 is 9.47 Å². The fourth-order valence-corrected chi connectivity index (χ4v) is 2.33. The Kier molecular flexibility index (Phi) is 6.39. The van der Waals surface area contributed by atoms with Gasteiger partial charge in [0.05, 0.1) is 24.7 Å². The predicted molar refractivity (Wildman–Crippen MR) is 70.8 cm³/mol. The predicted octanol–water partition coefficient (Wildman–Crippen LogP) is 3.16. The average Bonchev–Trinajstić information content (AvgIpc) is 2.40. The maximum Gasteiger partial charge on any atom is 0.387 e. The van der Waals surface area contributed by atoms with Crippen LogP contribution in [-0.2, 0) is 21.3 Å². The lowest BCUT2D eigenvalue weighted by Crippen LogP contribution is -2.13. The molecule has 0 aromatic heterocycles. The molecule has 7 heteroatoms. The molecule has 4 nitrogen and oxygen atoms in total. The molecule has 0 bridgehead atoms. The molecule has 0 N–H and O–H groups in total. The van der Waals surface area contributed by atoms with Gasteiger partial charge in [0.25, 0.3) is 0 Å². The van der Waals surface area contributed by atoms with Crippen molar-refractivity contribution in [2.75, 3.05) is 6.61 Å². The van der Waals surface area contributed by atoms with E-state index in [2.05, 4.69) is 20.7 Å². The first-order valence-electron chi connectivity index (χ1n) is 5.74. The average molecular weight is 348 g/mol. The summed E-state index contributed by atoms with van der Waals surface area (Å²) in [6, 6.07) is 4.58. The van der Waals surface area contributed by atoms with Gasteiger partial charge >= 0.3 is 12.6 Å². The molecule has 0 heterocycles. The summed E-state index contributed by atoms with van der Waals surface area (Å²) in [6.07, 6.45) is -0.230. The second kappa shape index (κ2) is 7.80. The highest BCUT2D eigenvalue weighted by atomic mass is 79.9. The lowest BCUT2D eigenvalue weighted by atomic mass is 9.99. The Hall–Kier alpha value is -1.68. The van der Waals surface area contributed by atoms with Gasteiger partial charge in [-0.2, -0.15) is 14.0 Å². The summed E-state index contributed by atoms with van der Waals surface area (Å²) < 4.78 is 34.0. The summed E-state index contributed by atoms with van der Waals surface area (Å²) in [5, 5.41) is 9.25. The SMILES string of the molecule is CCOC(=O)Cc1c(OC(F)F)ccc(C#N)c1CBr. The summed E-state index contributed by atoms with van der Waals surface area (Å²) in [6.45, 7) is -1.18. The fraction of sp³-hybridized carbons (Fsp3) is 0.385. The minimum absolute atomic E-state index is 0.124. The normalized spacial score (nSPS) is 10.2. The molecule has 0 unspecified atom stereocenters. The molecule has 0 radical (unpaired) electrons. The van der Waals surface area contributed by atoms with E-state index in [-0.39, 0.29) is 29.7 Å². The first kappa shape index (κ1) is 16.4. The first-order chi connectivity index (χ1) is 9.53. The van der Waals surface area contributed by atoms with E-state index in [1.165, 1.54) is 12.1 Å². The van der Waals surface area contributed by atoms with Crippen molar-refractivity contribution in [1.82, 2.24) is 0 Å². The number of hydrogen-bond donors (Lipinski definition) is 0. The van der Waals surface area contributed by atoms with Crippen LogP contribution >= 0.6 is 15.9 Å². The van der Waals surface area contributed by atoms with E-state index in [0.29, 0.717) is 11.1 Å². The molecule has 20 heavy (non-hydrogen) atoms. The van der Waals surface area contributed by atoms with Gasteiger partial charge in [0.1, 0.15) is 5.75 Å². The van der Waals surface area contributed by atoms with Crippen LogP contribution in [0.25, 0.3) is 0 Å². The summed E-state index contributed by atoms with van der Waals surface area (Å²) in [5.41, 5.74) is 0.973. The highest BCUT2D eigenvalue weighted by molar-refractivity contribution is 9.08. The van der Waals surface area contributed by atoms with E-state index < -0.39 is 12.6 Å². The van der Waals surface area contributed by atoms with Gasteiger partial charge in [-0.25, -0.2) is 0 Å². The standard InChI is InChI=1S/C13H12BrF2NO3/c1-2-19-12(18)5-9-10(6-14)8(7-17)3-4-11(9)20-13(15)16/h3-4,13H,2,5-6H2,1H3. The molecule has 0 atom stereocenters. The molecular weight excluding hydrogens is 336 g/mol. The van der Waals surface area contributed by atoms with Gasteiger partial charge in [-0.05, 0) is 24.6 Å². The quantitative estimate of drug-likeness (QED) is 0.585. The van der Waals surface area contributed by atoms with Crippen LogP contribution in [0.5, 0.6) is 5.75 Å². The van der Waals surface area contributed by atoms with Gasteiger partial charge in [-0.1, -0.05) is 15.9 Å². The van der Waals surface area contributed by atoms with E-state index in [1.807, 2.05) is 6.07 Å². The molecule has 1 rings (SSSR count). The number of carbonyl (C=O) groups excluding carboxylic acids is 1. The van der Waals surface area contributed by atoms with Gasteiger partial charge in [-0.15, -0.1) is 0 Å². The monoisotopic (exact) mass is 347 g/mol. The van der Waals surface area contributed by atoms with E-state index >= 15 is 0 Å². The van der Waals surface area contributed by atoms with Gasteiger partial charge in [0.2, 0.25) is 0 Å². The Morgan fingerprint density at radius 1 is 1.45 bits per heavy atom. The van der Waals surface area contributed by atoms with Crippen molar-refractivity contribution in [2.24, 2.45) is 0 Å². The maximum atomic E-state index is 12.4. The minimum atomic E-state index is -3.01. The van der Waals surface area contributed by atoms with Crippen molar-refractivity contribution in [1.29, 1.82) is 5.26 Å². The molecule has 1 aromatic carbocycles. The fourth-order valence-electron chi connectivity index (χ4n) is 1.69.